The van der Waals surface area contributed by atoms with Crippen LogP contribution in [0.5, 0.6) is 0 Å². The first-order chi connectivity index (χ1) is 8.89. The first-order valence-electron chi connectivity index (χ1n) is 5.20. The van der Waals surface area contributed by atoms with Gasteiger partial charge in [0.25, 0.3) is 0 Å². The van der Waals surface area contributed by atoms with E-state index in [4.69, 9.17) is 0 Å². The molecule has 2 rings (SSSR count). The van der Waals surface area contributed by atoms with E-state index in [0.29, 0.717) is 10.8 Å². The highest BCUT2D eigenvalue weighted by atomic mass is 19.4. The van der Waals surface area contributed by atoms with Crippen molar-refractivity contribution in [3.8, 4) is 0 Å². The van der Waals surface area contributed by atoms with Crippen LogP contribution < -0.4 is 0 Å². The molecule has 0 heterocycles. The number of esters is 2. The molecule has 0 aromatic heterocycles. The number of fused-ring (bicyclic) bond motifs is 1. The fourth-order valence-corrected chi connectivity index (χ4v) is 1.60. The third-order valence-corrected chi connectivity index (χ3v) is 2.43. The maximum atomic E-state index is 12.0. The average Bonchev–Trinajstić information content (AvgIpc) is 2.36. The summed E-state index contributed by atoms with van der Waals surface area (Å²) in [4.78, 5) is 22.2. The summed E-state index contributed by atoms with van der Waals surface area (Å²) in [5, 5.41) is 1.08. The molecule has 0 spiro atoms. The van der Waals surface area contributed by atoms with Crippen molar-refractivity contribution < 1.29 is 27.5 Å². The van der Waals surface area contributed by atoms with Crippen molar-refractivity contribution >= 4 is 22.7 Å². The second kappa shape index (κ2) is 4.72. The standard InChI is InChI=1S/C13H7F3O3/c14-13(15,16)12(18)19-11(17)10-7-3-5-8-4-1-2-6-9(8)10/h1-7H. The highest BCUT2D eigenvalue weighted by Crippen LogP contribution is 2.21. The maximum absolute atomic E-state index is 12.0. The lowest BCUT2D eigenvalue weighted by molar-refractivity contribution is -0.193. The predicted octanol–water partition coefficient (Wildman–Crippen LogP) is 3.09. The number of rotatable bonds is 1. The highest BCUT2D eigenvalue weighted by Gasteiger charge is 2.42. The van der Waals surface area contributed by atoms with Crippen molar-refractivity contribution in [1.29, 1.82) is 0 Å². The molecule has 0 N–H and O–H groups in total. The van der Waals surface area contributed by atoms with Crippen LogP contribution in [0.25, 0.3) is 10.8 Å². The van der Waals surface area contributed by atoms with Crippen LogP contribution in [-0.4, -0.2) is 18.1 Å². The summed E-state index contributed by atoms with van der Waals surface area (Å²) >= 11 is 0. The zero-order valence-electron chi connectivity index (χ0n) is 9.40. The minimum Gasteiger partial charge on any atom is -0.383 e. The quantitative estimate of drug-likeness (QED) is 0.589. The molecule has 3 nitrogen and oxygen atoms in total. The van der Waals surface area contributed by atoms with Gasteiger partial charge in [-0.15, -0.1) is 0 Å². The molecule has 0 aliphatic rings. The molecular weight excluding hydrogens is 261 g/mol. The number of halogens is 3. The lowest BCUT2D eigenvalue weighted by atomic mass is 10.1. The van der Waals surface area contributed by atoms with E-state index in [2.05, 4.69) is 4.74 Å². The summed E-state index contributed by atoms with van der Waals surface area (Å²) < 4.78 is 39.8. The van der Waals surface area contributed by atoms with Crippen LogP contribution in [0.4, 0.5) is 13.2 Å². The molecule has 0 unspecified atom stereocenters. The number of alkyl halides is 3. The monoisotopic (exact) mass is 268 g/mol. The number of carbonyl (C=O) groups excluding carboxylic acids is 2. The summed E-state index contributed by atoms with van der Waals surface area (Å²) in [5.41, 5.74) is -0.0873. The SMILES string of the molecule is O=C(OC(=O)C(F)(F)F)c1cccc2ccccc12. The van der Waals surface area contributed by atoms with Gasteiger partial charge in [-0.2, -0.15) is 13.2 Å². The predicted molar refractivity (Wildman–Crippen MR) is 60.4 cm³/mol. The Morgan fingerprint density at radius 2 is 1.58 bits per heavy atom. The Morgan fingerprint density at radius 3 is 2.26 bits per heavy atom. The average molecular weight is 268 g/mol. The van der Waals surface area contributed by atoms with Crippen molar-refractivity contribution in [2.75, 3.05) is 0 Å². The van der Waals surface area contributed by atoms with E-state index in [0.717, 1.165) is 0 Å². The van der Waals surface area contributed by atoms with E-state index in [1.54, 1.807) is 30.3 Å². The van der Waals surface area contributed by atoms with E-state index in [9.17, 15) is 22.8 Å². The van der Waals surface area contributed by atoms with Crippen LogP contribution in [0.15, 0.2) is 42.5 Å². The molecule has 0 fully saturated rings. The molecule has 2 aromatic carbocycles. The van der Waals surface area contributed by atoms with Crippen molar-refractivity contribution in [3.05, 3.63) is 48.0 Å². The second-order valence-corrected chi connectivity index (χ2v) is 3.70. The number of hydrogen-bond acceptors (Lipinski definition) is 3. The Balaban J connectivity index is 2.35. The number of hydrogen-bond donors (Lipinski definition) is 0. The molecular formula is C13H7F3O3. The van der Waals surface area contributed by atoms with Gasteiger partial charge in [0, 0.05) is 0 Å². The van der Waals surface area contributed by atoms with Crippen LogP contribution in [-0.2, 0) is 9.53 Å². The number of benzene rings is 2. The molecule has 0 radical (unpaired) electrons. The Labute approximate surface area is 105 Å². The van der Waals surface area contributed by atoms with Crippen molar-refractivity contribution in [2.24, 2.45) is 0 Å². The minimum atomic E-state index is -5.19. The normalized spacial score (nSPS) is 11.3. The smallest absolute Gasteiger partial charge is 0.383 e. The van der Waals surface area contributed by atoms with Crippen LogP contribution in [0, 0.1) is 0 Å². The van der Waals surface area contributed by atoms with Crippen LogP contribution in [0.2, 0.25) is 0 Å². The summed E-state index contributed by atoms with van der Waals surface area (Å²) in [5.74, 6) is -3.84. The Hall–Kier alpha value is -2.37. The summed E-state index contributed by atoms with van der Waals surface area (Å²) in [6.45, 7) is 0. The fraction of sp³-hybridized carbons (Fsp3) is 0.0769. The van der Waals surface area contributed by atoms with Gasteiger partial charge in [-0.3, -0.25) is 0 Å². The van der Waals surface area contributed by atoms with E-state index in [1.165, 1.54) is 12.1 Å². The maximum Gasteiger partial charge on any atom is 0.491 e. The summed E-state index contributed by atoms with van der Waals surface area (Å²) in [7, 11) is 0. The van der Waals surface area contributed by atoms with Gasteiger partial charge in [-0.05, 0) is 16.8 Å². The van der Waals surface area contributed by atoms with E-state index < -0.39 is 18.1 Å². The summed E-state index contributed by atoms with van der Waals surface area (Å²) in [6.07, 6.45) is -5.19. The first kappa shape index (κ1) is 13.1. The number of carbonyl (C=O) groups is 2. The van der Waals surface area contributed by atoms with Gasteiger partial charge >= 0.3 is 18.1 Å². The van der Waals surface area contributed by atoms with Crippen LogP contribution >= 0.6 is 0 Å². The van der Waals surface area contributed by atoms with Crippen LogP contribution in [0.1, 0.15) is 10.4 Å². The molecule has 19 heavy (non-hydrogen) atoms. The van der Waals surface area contributed by atoms with E-state index in [-0.39, 0.29) is 5.56 Å². The Kier molecular flexibility index (Phi) is 3.25. The van der Waals surface area contributed by atoms with Crippen molar-refractivity contribution in [3.63, 3.8) is 0 Å². The molecule has 6 heteroatoms. The molecule has 0 atom stereocenters. The van der Waals surface area contributed by atoms with Gasteiger partial charge in [0.15, 0.2) is 0 Å². The molecule has 0 saturated carbocycles. The topological polar surface area (TPSA) is 43.4 Å². The lowest BCUT2D eigenvalue weighted by Gasteiger charge is -2.07. The molecule has 0 amide bonds. The molecule has 0 aliphatic carbocycles. The third kappa shape index (κ3) is 2.73. The Morgan fingerprint density at radius 1 is 0.947 bits per heavy atom. The highest BCUT2D eigenvalue weighted by molar-refractivity contribution is 6.07. The third-order valence-electron chi connectivity index (χ3n) is 2.43. The zero-order chi connectivity index (χ0) is 14.0. The molecule has 0 saturated heterocycles. The molecule has 98 valence electrons. The van der Waals surface area contributed by atoms with Gasteiger partial charge in [-0.1, -0.05) is 36.4 Å². The van der Waals surface area contributed by atoms with E-state index >= 15 is 0 Å². The van der Waals surface area contributed by atoms with Crippen molar-refractivity contribution in [1.82, 2.24) is 0 Å². The van der Waals surface area contributed by atoms with Crippen LogP contribution in [0.3, 0.4) is 0 Å². The van der Waals surface area contributed by atoms with Gasteiger partial charge in [0.2, 0.25) is 0 Å². The minimum absolute atomic E-state index is 0.0873. The fourth-order valence-electron chi connectivity index (χ4n) is 1.60. The van der Waals surface area contributed by atoms with Gasteiger partial charge in [0.1, 0.15) is 0 Å². The molecule has 0 aliphatic heterocycles. The zero-order valence-corrected chi connectivity index (χ0v) is 9.40. The number of ether oxygens (including phenoxy) is 1. The van der Waals surface area contributed by atoms with Crippen molar-refractivity contribution in [2.45, 2.75) is 6.18 Å². The second-order valence-electron chi connectivity index (χ2n) is 3.70. The first-order valence-corrected chi connectivity index (χ1v) is 5.20. The van der Waals surface area contributed by atoms with Gasteiger partial charge in [0.05, 0.1) is 5.56 Å². The molecule has 2 aromatic rings. The van der Waals surface area contributed by atoms with Gasteiger partial charge in [-0.25, -0.2) is 9.59 Å². The Bertz CT molecular complexity index is 642. The summed E-state index contributed by atoms with van der Waals surface area (Å²) in [6, 6.07) is 11.1. The van der Waals surface area contributed by atoms with E-state index in [1.807, 2.05) is 0 Å². The largest absolute Gasteiger partial charge is 0.491 e. The molecule has 0 bridgehead atoms. The van der Waals surface area contributed by atoms with Gasteiger partial charge < -0.3 is 4.74 Å². The lowest BCUT2D eigenvalue weighted by Crippen LogP contribution is -2.28.